The molecule has 41 heavy (non-hydrogen) atoms. The number of nitrogens with zero attached hydrogens (tertiary/aromatic N) is 7. The topological polar surface area (TPSA) is 107 Å². The zero-order valence-electron chi connectivity index (χ0n) is 23.0. The molecule has 0 unspecified atom stereocenters. The molecule has 7 rings (SSSR count). The molecule has 1 atom stereocenters. The van der Waals surface area contributed by atoms with E-state index in [1.165, 1.54) is 0 Å². The van der Waals surface area contributed by atoms with Gasteiger partial charge < -0.3 is 15.4 Å². The number of rotatable bonds is 4. The predicted molar refractivity (Wildman–Crippen MR) is 155 cm³/mol. The summed E-state index contributed by atoms with van der Waals surface area (Å²) < 4.78 is 37.2. The van der Waals surface area contributed by atoms with Crippen LogP contribution in [0, 0.1) is 23.0 Å². The summed E-state index contributed by atoms with van der Waals surface area (Å²) in [5.74, 6) is -0.698. The summed E-state index contributed by atoms with van der Waals surface area (Å²) in [7, 11) is 0. The predicted octanol–water partition coefficient (Wildman–Crippen LogP) is 4.27. The van der Waals surface area contributed by atoms with E-state index in [1.54, 1.807) is 6.20 Å². The van der Waals surface area contributed by atoms with Crippen LogP contribution in [0.1, 0.15) is 37.0 Å². The van der Waals surface area contributed by atoms with Crippen LogP contribution in [0.3, 0.4) is 0 Å². The van der Waals surface area contributed by atoms with Crippen molar-refractivity contribution in [2.75, 3.05) is 49.9 Å². The number of piperazine rings is 1. The molecule has 0 bridgehead atoms. The first-order chi connectivity index (χ1) is 19.9. The number of ether oxygens (including phenoxy) is 1. The third kappa shape index (κ3) is 4.22. The Bertz CT molecular complexity index is 1730. The number of fused-ring (bicyclic) bond motifs is 4. The van der Waals surface area contributed by atoms with E-state index in [4.69, 9.17) is 15.5 Å². The molecule has 1 aromatic carbocycles. The Morgan fingerprint density at radius 1 is 1.10 bits per heavy atom. The van der Waals surface area contributed by atoms with Gasteiger partial charge in [-0.3, -0.25) is 14.8 Å². The maximum atomic E-state index is 16.6. The first-order valence-electron chi connectivity index (χ1n) is 13.9. The van der Waals surface area contributed by atoms with Gasteiger partial charge >= 0.3 is 0 Å². The molecule has 4 aromatic rings. The monoisotopic (exact) mass is 576 g/mol. The Morgan fingerprint density at radius 2 is 1.88 bits per heavy atom. The van der Waals surface area contributed by atoms with Crippen LogP contribution in [0.4, 0.5) is 19.7 Å². The van der Waals surface area contributed by atoms with Crippen LogP contribution >= 0.6 is 11.3 Å². The van der Waals surface area contributed by atoms with Gasteiger partial charge in [-0.05, 0) is 31.4 Å². The molecule has 0 amide bonds. The summed E-state index contributed by atoms with van der Waals surface area (Å²) >= 11 is 0.962. The molecule has 0 saturated carbocycles. The van der Waals surface area contributed by atoms with Crippen LogP contribution < -0.4 is 10.6 Å². The number of pyridine rings is 1. The van der Waals surface area contributed by atoms with E-state index >= 15 is 4.39 Å². The second kappa shape index (κ2) is 10.1. The fourth-order valence-corrected chi connectivity index (χ4v) is 7.45. The van der Waals surface area contributed by atoms with Gasteiger partial charge in [0.05, 0.1) is 35.4 Å². The Balaban J connectivity index is 1.28. The van der Waals surface area contributed by atoms with Crippen molar-refractivity contribution in [3.05, 3.63) is 40.7 Å². The Labute approximate surface area is 240 Å². The maximum Gasteiger partial charge on any atom is 0.226 e. The summed E-state index contributed by atoms with van der Waals surface area (Å²) in [5.41, 5.74) is 8.06. The second-order valence-corrected chi connectivity index (χ2v) is 12.3. The third-order valence-electron chi connectivity index (χ3n) is 8.77. The smallest absolute Gasteiger partial charge is 0.226 e. The normalized spacial score (nSPS) is 20.0. The van der Waals surface area contributed by atoms with Crippen molar-refractivity contribution in [3.63, 3.8) is 0 Å². The Kier molecular flexibility index (Phi) is 6.50. The quantitative estimate of drug-likeness (QED) is 0.381. The van der Waals surface area contributed by atoms with Gasteiger partial charge in [-0.15, -0.1) is 11.3 Å². The number of benzene rings is 1. The average molecular weight is 577 g/mol. The maximum absolute atomic E-state index is 16.6. The lowest BCUT2D eigenvalue weighted by Crippen LogP contribution is -2.52. The fourth-order valence-electron chi connectivity index (χ4n) is 6.53. The molecule has 6 heterocycles. The molecule has 2 N–H and O–H groups in total. The summed E-state index contributed by atoms with van der Waals surface area (Å²) in [6.07, 6.45) is 3.74. The number of thiophene rings is 1. The molecular formula is C29H30F2N8OS. The van der Waals surface area contributed by atoms with Crippen molar-refractivity contribution in [2.24, 2.45) is 0 Å². The molecule has 212 valence electrons. The number of halogens is 2. The van der Waals surface area contributed by atoms with Gasteiger partial charge in [0.25, 0.3) is 0 Å². The van der Waals surface area contributed by atoms with Gasteiger partial charge in [-0.2, -0.15) is 5.26 Å². The van der Waals surface area contributed by atoms with Crippen LogP contribution in [0.15, 0.2) is 12.4 Å². The standard InChI is InChI=1S/C29H30F2N8OS/c1-15(2)37-5-7-38(8-6-37)16-3-4-39(12-16)29-35-10-18-19-13-40-14-20(19)22(24(31)25(18)36-29)26-23-17(9-32)28(33)41-27(23)21(30)11-34-26/h10-11,15-16H,3-8,12-14,33H2,1-2H3/t16-/m0/s1. The molecular weight excluding hydrogens is 546 g/mol. The number of anilines is 2. The number of hydrogen-bond acceptors (Lipinski definition) is 10. The van der Waals surface area contributed by atoms with Gasteiger partial charge in [0, 0.05) is 73.9 Å². The molecule has 9 nitrogen and oxygen atoms in total. The van der Waals surface area contributed by atoms with E-state index in [1.807, 2.05) is 0 Å². The summed E-state index contributed by atoms with van der Waals surface area (Å²) in [4.78, 5) is 20.9. The molecule has 3 aliphatic heterocycles. The van der Waals surface area contributed by atoms with Crippen LogP contribution in [0.25, 0.3) is 32.2 Å². The average Bonchev–Trinajstić information content (AvgIpc) is 3.73. The minimum absolute atomic E-state index is 0.0971. The molecule has 2 saturated heterocycles. The summed E-state index contributed by atoms with van der Waals surface area (Å²) in [6.45, 7) is 10.7. The summed E-state index contributed by atoms with van der Waals surface area (Å²) in [6, 6.07) is 3.01. The highest BCUT2D eigenvalue weighted by atomic mass is 32.1. The Hall–Kier alpha value is -3.50. The lowest BCUT2D eigenvalue weighted by molar-refractivity contribution is 0.0842. The zero-order chi connectivity index (χ0) is 28.4. The molecule has 12 heteroatoms. The molecule has 3 aromatic heterocycles. The Morgan fingerprint density at radius 3 is 2.63 bits per heavy atom. The largest absolute Gasteiger partial charge is 0.389 e. The highest BCUT2D eigenvalue weighted by Gasteiger charge is 2.33. The van der Waals surface area contributed by atoms with E-state index in [0.29, 0.717) is 29.0 Å². The fraction of sp³-hybridized carbons (Fsp3) is 0.448. The lowest BCUT2D eigenvalue weighted by Gasteiger charge is -2.39. The van der Waals surface area contributed by atoms with Gasteiger partial charge in [0.15, 0.2) is 11.6 Å². The van der Waals surface area contributed by atoms with E-state index in [2.05, 4.69) is 44.6 Å². The van der Waals surface area contributed by atoms with Crippen molar-refractivity contribution in [2.45, 2.75) is 45.6 Å². The van der Waals surface area contributed by atoms with Gasteiger partial charge in [0.1, 0.15) is 16.6 Å². The molecule has 0 aliphatic carbocycles. The van der Waals surface area contributed by atoms with E-state index in [-0.39, 0.29) is 50.6 Å². The van der Waals surface area contributed by atoms with Crippen molar-refractivity contribution in [1.29, 1.82) is 5.26 Å². The first-order valence-corrected chi connectivity index (χ1v) is 14.7. The minimum atomic E-state index is -0.602. The van der Waals surface area contributed by atoms with Crippen LogP contribution in [-0.4, -0.2) is 76.1 Å². The molecule has 2 fully saturated rings. The van der Waals surface area contributed by atoms with Crippen LogP contribution in [0.5, 0.6) is 0 Å². The van der Waals surface area contributed by atoms with E-state index in [0.717, 1.165) is 68.8 Å². The number of nitriles is 1. The number of aromatic nitrogens is 3. The van der Waals surface area contributed by atoms with Gasteiger partial charge in [-0.1, -0.05) is 0 Å². The SMILES string of the molecule is CC(C)N1CCN([C@H]2CCN(c3ncc4c5c(c(-c6ncc(F)c7sc(N)c(C#N)c67)c(F)c4n3)COC5)C2)CC1. The lowest BCUT2D eigenvalue weighted by atomic mass is 9.94. The van der Waals surface area contributed by atoms with Crippen LogP contribution in [0.2, 0.25) is 0 Å². The van der Waals surface area contributed by atoms with Crippen molar-refractivity contribution >= 4 is 43.3 Å². The van der Waals surface area contributed by atoms with Crippen molar-refractivity contribution in [1.82, 2.24) is 24.8 Å². The number of nitrogen functional groups attached to an aromatic ring is 1. The third-order valence-corrected chi connectivity index (χ3v) is 9.80. The molecule has 0 spiro atoms. The van der Waals surface area contributed by atoms with Gasteiger partial charge in [-0.25, -0.2) is 18.7 Å². The van der Waals surface area contributed by atoms with Gasteiger partial charge in [0.2, 0.25) is 5.95 Å². The molecule has 3 aliphatic rings. The molecule has 0 radical (unpaired) electrons. The van der Waals surface area contributed by atoms with Crippen LogP contribution in [-0.2, 0) is 18.0 Å². The minimum Gasteiger partial charge on any atom is -0.389 e. The number of nitrogens with two attached hydrogens (primary N) is 1. The second-order valence-electron chi connectivity index (χ2n) is 11.2. The van der Waals surface area contributed by atoms with E-state index in [9.17, 15) is 9.65 Å². The zero-order valence-corrected chi connectivity index (χ0v) is 23.8. The van der Waals surface area contributed by atoms with Crippen molar-refractivity contribution < 1.29 is 13.5 Å². The highest BCUT2D eigenvalue weighted by molar-refractivity contribution is 7.23. The summed E-state index contributed by atoms with van der Waals surface area (Å²) in [5, 5.41) is 10.8. The number of hydrogen-bond donors (Lipinski definition) is 1. The van der Waals surface area contributed by atoms with E-state index < -0.39 is 11.6 Å². The highest BCUT2D eigenvalue weighted by Crippen LogP contribution is 2.45. The first kappa shape index (κ1) is 26.4. The van der Waals surface area contributed by atoms with Crippen molar-refractivity contribution in [3.8, 4) is 17.3 Å².